The van der Waals surface area contributed by atoms with Gasteiger partial charge in [0.2, 0.25) is 3.79 Å². The molecule has 0 unspecified atom stereocenters. The maximum Gasteiger partial charge on any atom is 0.407 e. The number of rotatable bonds is 5. The van der Waals surface area contributed by atoms with Gasteiger partial charge in [-0.05, 0) is 11.8 Å². The molecule has 0 spiro atoms. The van der Waals surface area contributed by atoms with Gasteiger partial charge in [0.25, 0.3) is 0 Å². The molecule has 0 rings (SSSR count). The molecule has 1 N–H and O–H groups in total. The van der Waals surface area contributed by atoms with Crippen LogP contribution in [0.1, 0.15) is 20.3 Å². The molecule has 0 aromatic rings. The average molecular weight is 289 g/mol. The molecular formula is C10H16Cl3NO2. The summed E-state index contributed by atoms with van der Waals surface area (Å²) in [6, 6.07) is 0. The lowest BCUT2D eigenvalue weighted by molar-refractivity contribution is 0.143. The van der Waals surface area contributed by atoms with Crippen LogP contribution in [0.25, 0.3) is 0 Å². The van der Waals surface area contributed by atoms with Gasteiger partial charge in [-0.25, -0.2) is 4.79 Å². The minimum atomic E-state index is -1.58. The molecule has 6 heteroatoms. The number of alkyl halides is 3. The van der Waals surface area contributed by atoms with Crippen LogP contribution >= 0.6 is 34.8 Å². The van der Waals surface area contributed by atoms with E-state index in [9.17, 15) is 4.79 Å². The number of carbonyl (C=O) groups excluding carboxylic acids is 1. The van der Waals surface area contributed by atoms with Gasteiger partial charge in [0.15, 0.2) is 0 Å². The Kier molecular flexibility index (Phi) is 6.53. The van der Waals surface area contributed by atoms with Gasteiger partial charge in [-0.15, -0.1) is 6.58 Å². The maximum absolute atomic E-state index is 11.2. The van der Waals surface area contributed by atoms with Crippen LogP contribution in [0.3, 0.4) is 0 Å². The van der Waals surface area contributed by atoms with Gasteiger partial charge in [0, 0.05) is 6.54 Å². The Morgan fingerprint density at radius 2 is 2.00 bits per heavy atom. The number of carbonyl (C=O) groups is 1. The van der Waals surface area contributed by atoms with Crippen molar-refractivity contribution in [2.24, 2.45) is 5.41 Å². The molecule has 0 aliphatic rings. The number of allylic oxidation sites excluding steroid dienone is 1. The number of halogens is 3. The molecule has 0 aliphatic carbocycles. The SMILES string of the molecule is C=CCC(C)(C)CNC(=O)OCC(Cl)(Cl)Cl. The second kappa shape index (κ2) is 6.58. The predicted octanol–water partition coefficient (Wildman–Crippen LogP) is 3.69. The lowest BCUT2D eigenvalue weighted by Crippen LogP contribution is -2.35. The van der Waals surface area contributed by atoms with Crippen LogP contribution in [0.4, 0.5) is 4.79 Å². The van der Waals surface area contributed by atoms with Crippen molar-refractivity contribution in [2.45, 2.75) is 24.1 Å². The Morgan fingerprint density at radius 3 is 2.44 bits per heavy atom. The Morgan fingerprint density at radius 1 is 1.44 bits per heavy atom. The molecule has 0 bridgehead atoms. The van der Waals surface area contributed by atoms with Gasteiger partial charge < -0.3 is 10.1 Å². The highest BCUT2D eigenvalue weighted by Crippen LogP contribution is 2.26. The van der Waals surface area contributed by atoms with E-state index in [1.54, 1.807) is 6.08 Å². The van der Waals surface area contributed by atoms with Crippen molar-refractivity contribution in [3.8, 4) is 0 Å². The number of nitrogens with one attached hydrogen (secondary N) is 1. The van der Waals surface area contributed by atoms with Crippen LogP contribution in [0.2, 0.25) is 0 Å². The number of alkyl carbamates (subject to hydrolysis) is 1. The zero-order valence-corrected chi connectivity index (χ0v) is 11.6. The first-order valence-electron chi connectivity index (χ1n) is 4.74. The van der Waals surface area contributed by atoms with Crippen molar-refractivity contribution in [3.63, 3.8) is 0 Å². The summed E-state index contributed by atoms with van der Waals surface area (Å²) >= 11 is 16.3. The van der Waals surface area contributed by atoms with E-state index in [0.29, 0.717) is 6.54 Å². The molecule has 0 saturated carbocycles. The molecule has 16 heavy (non-hydrogen) atoms. The van der Waals surface area contributed by atoms with Crippen LogP contribution < -0.4 is 5.32 Å². The van der Waals surface area contributed by atoms with Gasteiger partial charge in [-0.1, -0.05) is 54.7 Å². The third-order valence-corrected chi connectivity index (χ3v) is 2.10. The summed E-state index contributed by atoms with van der Waals surface area (Å²) in [5.74, 6) is 0. The smallest absolute Gasteiger partial charge is 0.407 e. The van der Waals surface area contributed by atoms with Crippen LogP contribution in [0, 0.1) is 5.41 Å². The van der Waals surface area contributed by atoms with Crippen LogP contribution in [-0.2, 0) is 4.74 Å². The summed E-state index contributed by atoms with van der Waals surface area (Å²) in [7, 11) is 0. The van der Waals surface area contributed by atoms with Crippen molar-refractivity contribution in [1.82, 2.24) is 5.32 Å². The summed E-state index contributed by atoms with van der Waals surface area (Å²) in [6.07, 6.45) is 2.00. The third kappa shape index (κ3) is 9.13. The molecule has 0 aliphatic heterocycles. The Labute approximate surface area is 111 Å². The molecule has 0 saturated heterocycles. The lowest BCUT2D eigenvalue weighted by atomic mass is 9.89. The Bertz CT molecular complexity index is 249. The molecule has 0 aromatic carbocycles. The number of hydrogen-bond acceptors (Lipinski definition) is 2. The van der Waals surface area contributed by atoms with E-state index in [-0.39, 0.29) is 12.0 Å². The first-order chi connectivity index (χ1) is 7.16. The van der Waals surface area contributed by atoms with E-state index < -0.39 is 9.89 Å². The number of hydrogen-bond donors (Lipinski definition) is 1. The second-order valence-corrected chi connectivity index (χ2v) is 6.72. The molecule has 0 radical (unpaired) electrons. The first-order valence-corrected chi connectivity index (χ1v) is 5.88. The zero-order valence-electron chi connectivity index (χ0n) is 9.36. The molecular weight excluding hydrogens is 272 g/mol. The highest BCUT2D eigenvalue weighted by atomic mass is 35.6. The minimum Gasteiger partial charge on any atom is -0.445 e. The first kappa shape index (κ1) is 15.9. The quantitative estimate of drug-likeness (QED) is 0.619. The highest BCUT2D eigenvalue weighted by Gasteiger charge is 2.23. The van der Waals surface area contributed by atoms with Crippen LogP contribution in [-0.4, -0.2) is 23.0 Å². The van der Waals surface area contributed by atoms with Crippen molar-refractivity contribution < 1.29 is 9.53 Å². The van der Waals surface area contributed by atoms with E-state index in [1.165, 1.54) is 0 Å². The molecule has 1 amide bonds. The van der Waals surface area contributed by atoms with Gasteiger partial charge in [-0.3, -0.25) is 0 Å². The Balaban J connectivity index is 3.86. The molecule has 94 valence electrons. The zero-order chi connectivity index (χ0) is 12.8. The summed E-state index contributed by atoms with van der Waals surface area (Å²) < 4.78 is 3.13. The predicted molar refractivity (Wildman–Crippen MR) is 68.2 cm³/mol. The van der Waals surface area contributed by atoms with E-state index >= 15 is 0 Å². The van der Waals surface area contributed by atoms with E-state index in [0.717, 1.165) is 6.42 Å². The third-order valence-electron chi connectivity index (χ3n) is 1.78. The van der Waals surface area contributed by atoms with Gasteiger partial charge >= 0.3 is 6.09 Å². The van der Waals surface area contributed by atoms with Crippen molar-refractivity contribution in [2.75, 3.05) is 13.2 Å². The molecule has 0 heterocycles. The number of amides is 1. The lowest BCUT2D eigenvalue weighted by Gasteiger charge is -2.23. The topological polar surface area (TPSA) is 38.3 Å². The van der Waals surface area contributed by atoms with Crippen LogP contribution in [0.5, 0.6) is 0 Å². The summed E-state index contributed by atoms with van der Waals surface area (Å²) in [4.78, 5) is 11.2. The van der Waals surface area contributed by atoms with E-state index in [1.807, 2.05) is 13.8 Å². The summed E-state index contributed by atoms with van der Waals surface area (Å²) in [6.45, 7) is 7.85. The normalized spacial score (nSPS) is 12.1. The standard InChI is InChI=1S/C10H16Cl3NO2/c1-4-5-9(2,3)6-14-8(15)16-7-10(11,12)13/h4H,1,5-7H2,2-3H3,(H,14,15). The fourth-order valence-corrected chi connectivity index (χ4v) is 1.14. The molecule has 0 atom stereocenters. The van der Waals surface area contributed by atoms with Crippen molar-refractivity contribution in [3.05, 3.63) is 12.7 Å². The maximum atomic E-state index is 11.2. The Hall–Kier alpha value is -0.120. The molecule has 0 aromatic heterocycles. The summed E-state index contributed by atoms with van der Waals surface area (Å²) in [5.41, 5.74) is -0.0687. The summed E-state index contributed by atoms with van der Waals surface area (Å²) in [5, 5.41) is 2.60. The second-order valence-electron chi connectivity index (χ2n) is 4.20. The fraction of sp³-hybridized carbons (Fsp3) is 0.700. The molecule has 0 fully saturated rings. The van der Waals surface area contributed by atoms with Crippen LogP contribution in [0.15, 0.2) is 12.7 Å². The molecule has 3 nitrogen and oxygen atoms in total. The minimum absolute atomic E-state index is 0.0687. The van der Waals surface area contributed by atoms with Gasteiger partial charge in [0.05, 0.1) is 0 Å². The monoisotopic (exact) mass is 287 g/mol. The highest BCUT2D eigenvalue weighted by molar-refractivity contribution is 6.67. The van der Waals surface area contributed by atoms with E-state index in [2.05, 4.69) is 11.9 Å². The largest absolute Gasteiger partial charge is 0.445 e. The van der Waals surface area contributed by atoms with Crippen molar-refractivity contribution in [1.29, 1.82) is 0 Å². The van der Waals surface area contributed by atoms with Gasteiger partial charge in [-0.2, -0.15) is 0 Å². The number of ether oxygens (including phenoxy) is 1. The van der Waals surface area contributed by atoms with Crippen molar-refractivity contribution >= 4 is 40.9 Å². The fourth-order valence-electron chi connectivity index (χ4n) is 0.973. The average Bonchev–Trinajstić information content (AvgIpc) is 2.10. The van der Waals surface area contributed by atoms with Gasteiger partial charge in [0.1, 0.15) is 6.61 Å². The van der Waals surface area contributed by atoms with E-state index in [4.69, 9.17) is 39.5 Å².